The average molecular weight is 237 g/mol. The summed E-state index contributed by atoms with van der Waals surface area (Å²) >= 11 is 0. The smallest absolute Gasteiger partial charge is 0.122 e. The lowest BCUT2D eigenvalue weighted by Gasteiger charge is -2.24. The Hall–Kier alpha value is -1.06. The molecule has 1 aromatic rings. The fourth-order valence-electron chi connectivity index (χ4n) is 2.15. The topological polar surface area (TPSA) is 55.5 Å². The number of aliphatic hydroxyl groups excluding tert-OH is 1. The molecular weight excluding hydrogens is 214 g/mol. The number of hydrogen-bond donors (Lipinski definition) is 2. The molecule has 2 unspecified atom stereocenters. The molecule has 0 radical (unpaired) electrons. The maximum absolute atomic E-state index is 9.31. The van der Waals surface area contributed by atoms with E-state index in [0.717, 1.165) is 28.9 Å². The van der Waals surface area contributed by atoms with E-state index in [1.807, 2.05) is 26.0 Å². The second kappa shape index (κ2) is 6.03. The van der Waals surface area contributed by atoms with Crippen molar-refractivity contribution in [2.24, 2.45) is 11.7 Å². The minimum atomic E-state index is -0.116. The van der Waals surface area contributed by atoms with Crippen molar-refractivity contribution in [1.82, 2.24) is 0 Å². The predicted octanol–water partition coefficient (Wildman–Crippen LogP) is 2.33. The summed E-state index contributed by atoms with van der Waals surface area (Å²) in [5.74, 6) is 0.997. The lowest BCUT2D eigenvalue weighted by molar-refractivity contribution is 0.200. The van der Waals surface area contributed by atoms with E-state index in [4.69, 9.17) is 10.5 Å². The molecule has 0 aromatic heterocycles. The predicted molar refractivity (Wildman–Crippen MR) is 70.3 cm³/mol. The van der Waals surface area contributed by atoms with Crippen LogP contribution in [0.15, 0.2) is 12.1 Å². The van der Waals surface area contributed by atoms with Gasteiger partial charge in [0, 0.05) is 18.6 Å². The number of ether oxygens (including phenoxy) is 1. The third-order valence-corrected chi connectivity index (χ3v) is 3.63. The molecule has 0 saturated heterocycles. The van der Waals surface area contributed by atoms with E-state index in [1.54, 1.807) is 7.11 Å². The molecule has 0 aliphatic heterocycles. The van der Waals surface area contributed by atoms with E-state index in [-0.39, 0.29) is 18.6 Å². The van der Waals surface area contributed by atoms with Crippen LogP contribution >= 0.6 is 0 Å². The first-order valence-corrected chi connectivity index (χ1v) is 6.07. The van der Waals surface area contributed by atoms with Crippen molar-refractivity contribution in [3.8, 4) is 5.75 Å². The number of aliphatic hydroxyl groups is 1. The van der Waals surface area contributed by atoms with Crippen LogP contribution in [0.5, 0.6) is 5.75 Å². The van der Waals surface area contributed by atoms with Gasteiger partial charge < -0.3 is 15.6 Å². The van der Waals surface area contributed by atoms with Crippen LogP contribution in [0.3, 0.4) is 0 Å². The van der Waals surface area contributed by atoms with Crippen molar-refractivity contribution in [2.75, 3.05) is 13.7 Å². The minimum absolute atomic E-state index is 0.112. The Morgan fingerprint density at radius 2 is 1.94 bits per heavy atom. The fraction of sp³-hybridized carbons (Fsp3) is 0.571. The Kier molecular flexibility index (Phi) is 4.97. The Morgan fingerprint density at radius 1 is 1.29 bits per heavy atom. The summed E-state index contributed by atoms with van der Waals surface area (Å²) in [4.78, 5) is 0. The first kappa shape index (κ1) is 14.0. The molecule has 0 saturated carbocycles. The van der Waals surface area contributed by atoms with Crippen LogP contribution in [-0.4, -0.2) is 18.8 Å². The summed E-state index contributed by atoms with van der Waals surface area (Å²) in [6.45, 7) is 6.26. The lowest BCUT2D eigenvalue weighted by Crippen LogP contribution is -2.24. The van der Waals surface area contributed by atoms with Crippen molar-refractivity contribution >= 4 is 0 Å². The summed E-state index contributed by atoms with van der Waals surface area (Å²) in [5.41, 5.74) is 9.60. The normalized spacial score (nSPS) is 14.5. The molecule has 2 atom stereocenters. The molecule has 0 fully saturated rings. The number of nitrogens with two attached hydrogens (primary N) is 1. The minimum Gasteiger partial charge on any atom is -0.496 e. The molecule has 3 N–H and O–H groups in total. The van der Waals surface area contributed by atoms with Crippen molar-refractivity contribution in [2.45, 2.75) is 33.2 Å². The maximum atomic E-state index is 9.31. The van der Waals surface area contributed by atoms with E-state index in [2.05, 4.69) is 6.92 Å². The van der Waals surface area contributed by atoms with Gasteiger partial charge in [0.05, 0.1) is 7.11 Å². The second-order valence-electron chi connectivity index (χ2n) is 4.48. The highest BCUT2D eigenvalue weighted by Gasteiger charge is 2.20. The zero-order chi connectivity index (χ0) is 13.0. The van der Waals surface area contributed by atoms with Gasteiger partial charge in [-0.3, -0.25) is 0 Å². The Morgan fingerprint density at radius 3 is 2.41 bits per heavy atom. The van der Waals surface area contributed by atoms with E-state index in [9.17, 15) is 5.11 Å². The van der Waals surface area contributed by atoms with Gasteiger partial charge >= 0.3 is 0 Å². The Labute approximate surface area is 104 Å². The Bertz CT molecular complexity index is 373. The van der Waals surface area contributed by atoms with E-state index in [1.165, 1.54) is 0 Å². The van der Waals surface area contributed by atoms with Crippen LogP contribution in [0.4, 0.5) is 0 Å². The van der Waals surface area contributed by atoms with E-state index < -0.39 is 0 Å². The first-order chi connectivity index (χ1) is 8.06. The summed E-state index contributed by atoms with van der Waals surface area (Å²) in [6.07, 6.45) is 0.877. The standard InChI is InChI=1S/C14H23NO2/c1-5-11(8-16)14(15)12-6-7-13(17-4)10(3)9(12)2/h6-7,11,14,16H,5,8,15H2,1-4H3. The van der Waals surface area contributed by atoms with Crippen LogP contribution in [-0.2, 0) is 0 Å². The molecule has 1 rings (SSSR count). The number of rotatable bonds is 5. The SMILES string of the molecule is CCC(CO)C(N)c1ccc(OC)c(C)c1C. The molecule has 96 valence electrons. The van der Waals surface area contributed by atoms with Crippen LogP contribution in [0.1, 0.15) is 36.1 Å². The van der Waals surface area contributed by atoms with Crippen molar-refractivity contribution in [1.29, 1.82) is 0 Å². The van der Waals surface area contributed by atoms with Crippen molar-refractivity contribution in [3.05, 3.63) is 28.8 Å². The van der Waals surface area contributed by atoms with Gasteiger partial charge in [0.2, 0.25) is 0 Å². The highest BCUT2D eigenvalue weighted by Crippen LogP contribution is 2.30. The molecule has 0 heterocycles. The molecule has 0 bridgehead atoms. The maximum Gasteiger partial charge on any atom is 0.122 e. The summed E-state index contributed by atoms with van der Waals surface area (Å²) in [5, 5.41) is 9.31. The fourth-order valence-corrected chi connectivity index (χ4v) is 2.15. The third-order valence-electron chi connectivity index (χ3n) is 3.63. The molecule has 0 aliphatic rings. The number of benzene rings is 1. The molecular formula is C14H23NO2. The molecule has 0 spiro atoms. The first-order valence-electron chi connectivity index (χ1n) is 6.07. The van der Waals surface area contributed by atoms with Gasteiger partial charge in [-0.25, -0.2) is 0 Å². The summed E-state index contributed by atoms with van der Waals surface area (Å²) < 4.78 is 5.28. The van der Waals surface area contributed by atoms with Crippen LogP contribution < -0.4 is 10.5 Å². The zero-order valence-corrected chi connectivity index (χ0v) is 11.2. The van der Waals surface area contributed by atoms with Gasteiger partial charge in [-0.2, -0.15) is 0 Å². The zero-order valence-electron chi connectivity index (χ0n) is 11.2. The molecule has 0 aliphatic carbocycles. The average Bonchev–Trinajstić information content (AvgIpc) is 2.34. The third kappa shape index (κ3) is 2.79. The highest BCUT2D eigenvalue weighted by molar-refractivity contribution is 5.44. The van der Waals surface area contributed by atoms with E-state index >= 15 is 0 Å². The molecule has 17 heavy (non-hydrogen) atoms. The largest absolute Gasteiger partial charge is 0.496 e. The van der Waals surface area contributed by atoms with Crippen LogP contribution in [0.2, 0.25) is 0 Å². The van der Waals surface area contributed by atoms with Gasteiger partial charge in [0.15, 0.2) is 0 Å². The molecule has 0 amide bonds. The van der Waals surface area contributed by atoms with Gasteiger partial charge in [0.1, 0.15) is 5.75 Å². The van der Waals surface area contributed by atoms with Crippen LogP contribution in [0.25, 0.3) is 0 Å². The van der Waals surface area contributed by atoms with Crippen molar-refractivity contribution < 1.29 is 9.84 Å². The second-order valence-corrected chi connectivity index (χ2v) is 4.48. The number of methoxy groups -OCH3 is 1. The van der Waals surface area contributed by atoms with Gasteiger partial charge in [-0.05, 0) is 43.0 Å². The van der Waals surface area contributed by atoms with Gasteiger partial charge in [-0.15, -0.1) is 0 Å². The lowest BCUT2D eigenvalue weighted by atomic mass is 9.88. The highest BCUT2D eigenvalue weighted by atomic mass is 16.5. The van der Waals surface area contributed by atoms with Gasteiger partial charge in [0.25, 0.3) is 0 Å². The van der Waals surface area contributed by atoms with Crippen LogP contribution in [0, 0.1) is 19.8 Å². The van der Waals surface area contributed by atoms with Crippen molar-refractivity contribution in [3.63, 3.8) is 0 Å². The molecule has 1 aromatic carbocycles. The monoisotopic (exact) mass is 237 g/mol. The molecule has 3 nitrogen and oxygen atoms in total. The summed E-state index contributed by atoms with van der Waals surface area (Å²) in [6, 6.07) is 3.83. The quantitative estimate of drug-likeness (QED) is 0.826. The Balaban J connectivity index is 3.10. The van der Waals surface area contributed by atoms with E-state index in [0.29, 0.717) is 0 Å². The molecule has 3 heteroatoms. The summed E-state index contributed by atoms with van der Waals surface area (Å²) in [7, 11) is 1.67. The number of hydrogen-bond acceptors (Lipinski definition) is 3. The van der Waals surface area contributed by atoms with Gasteiger partial charge in [-0.1, -0.05) is 13.0 Å².